The molecule has 7 N–H and O–H groups in total. The fourth-order valence-corrected chi connectivity index (χ4v) is 2.48. The molecule has 170 valence electrons. The van der Waals surface area contributed by atoms with Crippen molar-refractivity contribution in [2.24, 2.45) is 11.5 Å². The van der Waals surface area contributed by atoms with Gasteiger partial charge in [0.05, 0.1) is 40.2 Å². The molecule has 0 aliphatic heterocycles. The van der Waals surface area contributed by atoms with Gasteiger partial charge in [-0.1, -0.05) is 18.2 Å². The SMILES string of the molecule is COc1ccc(C=Cc2cc(OC)c(OC)c(OC)c2)cc1N.C[C@H](O)[C@@H](N)C(N)=O. The Balaban J connectivity index is 0.000000512. The molecule has 0 saturated carbocycles. The van der Waals surface area contributed by atoms with E-state index in [4.69, 9.17) is 41.3 Å². The maximum absolute atomic E-state index is 10.1. The summed E-state index contributed by atoms with van der Waals surface area (Å²) in [5.41, 5.74) is 18.2. The summed E-state index contributed by atoms with van der Waals surface area (Å²) in [6.45, 7) is 1.41. The zero-order valence-corrected chi connectivity index (χ0v) is 18.4. The van der Waals surface area contributed by atoms with Gasteiger partial charge in [0.1, 0.15) is 11.8 Å². The highest BCUT2D eigenvalue weighted by atomic mass is 16.5. The van der Waals surface area contributed by atoms with Crippen LogP contribution in [-0.4, -0.2) is 51.6 Å². The van der Waals surface area contributed by atoms with Gasteiger partial charge in [0, 0.05) is 0 Å². The molecular weight excluding hydrogens is 402 g/mol. The van der Waals surface area contributed by atoms with E-state index >= 15 is 0 Å². The minimum atomic E-state index is -0.935. The number of nitrogens with two attached hydrogens (primary N) is 3. The van der Waals surface area contributed by atoms with Crippen molar-refractivity contribution in [1.29, 1.82) is 0 Å². The van der Waals surface area contributed by atoms with Crippen LogP contribution in [0.15, 0.2) is 30.3 Å². The van der Waals surface area contributed by atoms with E-state index in [0.717, 1.165) is 11.1 Å². The molecule has 1 amide bonds. The Morgan fingerprint density at radius 1 is 0.903 bits per heavy atom. The second kappa shape index (κ2) is 12.3. The fraction of sp³-hybridized carbons (Fsp3) is 0.318. The molecule has 9 nitrogen and oxygen atoms in total. The highest BCUT2D eigenvalue weighted by molar-refractivity contribution is 5.80. The lowest BCUT2D eigenvalue weighted by atomic mass is 10.1. The van der Waals surface area contributed by atoms with Crippen molar-refractivity contribution >= 4 is 23.7 Å². The first-order valence-electron chi connectivity index (χ1n) is 9.33. The molecule has 0 fully saturated rings. The van der Waals surface area contributed by atoms with Crippen molar-refractivity contribution in [1.82, 2.24) is 0 Å². The van der Waals surface area contributed by atoms with Crippen molar-refractivity contribution in [3.8, 4) is 23.0 Å². The number of aliphatic hydroxyl groups is 1. The summed E-state index contributed by atoms with van der Waals surface area (Å²) in [7, 11) is 6.36. The van der Waals surface area contributed by atoms with E-state index in [2.05, 4.69) is 0 Å². The van der Waals surface area contributed by atoms with Crippen molar-refractivity contribution in [3.63, 3.8) is 0 Å². The van der Waals surface area contributed by atoms with E-state index in [-0.39, 0.29) is 0 Å². The van der Waals surface area contributed by atoms with Crippen molar-refractivity contribution in [2.45, 2.75) is 19.1 Å². The maximum Gasteiger partial charge on any atom is 0.237 e. The van der Waals surface area contributed by atoms with Crippen LogP contribution in [0, 0.1) is 0 Å². The van der Waals surface area contributed by atoms with Crippen molar-refractivity contribution < 1.29 is 28.8 Å². The molecule has 0 spiro atoms. The van der Waals surface area contributed by atoms with Gasteiger partial charge < -0.3 is 41.3 Å². The van der Waals surface area contributed by atoms with Crippen LogP contribution in [0.25, 0.3) is 12.2 Å². The number of carbonyl (C=O) groups is 1. The summed E-state index contributed by atoms with van der Waals surface area (Å²) in [6, 6.07) is 8.45. The highest BCUT2D eigenvalue weighted by Gasteiger charge is 2.14. The van der Waals surface area contributed by atoms with Gasteiger partial charge in [0.25, 0.3) is 0 Å². The number of hydrogen-bond donors (Lipinski definition) is 4. The smallest absolute Gasteiger partial charge is 0.237 e. The van der Waals surface area contributed by atoms with Crippen molar-refractivity contribution in [3.05, 3.63) is 41.5 Å². The maximum atomic E-state index is 10.1. The summed E-state index contributed by atoms with van der Waals surface area (Å²) >= 11 is 0. The minimum absolute atomic E-state index is 0.570. The topological polar surface area (TPSA) is 152 Å². The number of amides is 1. The molecule has 2 aromatic carbocycles. The average Bonchev–Trinajstić information content (AvgIpc) is 2.76. The lowest BCUT2D eigenvalue weighted by Gasteiger charge is -2.12. The number of methoxy groups -OCH3 is 4. The predicted octanol–water partition coefficient (Wildman–Crippen LogP) is 1.65. The monoisotopic (exact) mass is 433 g/mol. The number of nitrogen functional groups attached to an aromatic ring is 1. The number of ether oxygens (including phenoxy) is 4. The molecule has 0 saturated heterocycles. The fourth-order valence-electron chi connectivity index (χ4n) is 2.48. The third-order valence-electron chi connectivity index (χ3n) is 4.26. The number of carbonyl (C=O) groups excluding carboxylic acids is 1. The van der Waals surface area contributed by atoms with Gasteiger partial charge in [-0.15, -0.1) is 0 Å². The van der Waals surface area contributed by atoms with E-state index in [9.17, 15) is 4.79 Å². The molecule has 9 heteroatoms. The number of primary amides is 1. The van der Waals surface area contributed by atoms with Crippen LogP contribution < -0.4 is 36.1 Å². The predicted molar refractivity (Wildman–Crippen MR) is 121 cm³/mol. The first kappa shape index (κ1) is 25.6. The number of anilines is 1. The molecule has 0 unspecified atom stereocenters. The lowest BCUT2D eigenvalue weighted by Crippen LogP contribution is -2.44. The summed E-state index contributed by atoms with van der Waals surface area (Å²) in [5.74, 6) is 1.78. The third kappa shape index (κ3) is 7.40. The Kier molecular flexibility index (Phi) is 10.2. The molecule has 2 rings (SSSR count). The molecule has 31 heavy (non-hydrogen) atoms. The van der Waals surface area contributed by atoms with E-state index < -0.39 is 18.1 Å². The molecule has 2 aromatic rings. The summed E-state index contributed by atoms with van der Waals surface area (Å²) in [5, 5.41) is 8.57. The van der Waals surface area contributed by atoms with E-state index in [1.165, 1.54) is 6.92 Å². The van der Waals surface area contributed by atoms with Crippen LogP contribution in [0.1, 0.15) is 18.1 Å². The highest BCUT2D eigenvalue weighted by Crippen LogP contribution is 2.38. The van der Waals surface area contributed by atoms with Gasteiger partial charge in [-0.3, -0.25) is 4.79 Å². The molecule has 2 atom stereocenters. The van der Waals surface area contributed by atoms with Crippen LogP contribution >= 0.6 is 0 Å². The quantitative estimate of drug-likeness (QED) is 0.362. The van der Waals surface area contributed by atoms with Gasteiger partial charge in [0.2, 0.25) is 11.7 Å². The van der Waals surface area contributed by atoms with Crippen LogP contribution in [-0.2, 0) is 4.79 Å². The second-order valence-corrected chi connectivity index (χ2v) is 6.46. The summed E-state index contributed by atoms with van der Waals surface area (Å²) in [6.07, 6.45) is 3.05. The van der Waals surface area contributed by atoms with Crippen LogP contribution in [0.2, 0.25) is 0 Å². The molecule has 0 aliphatic carbocycles. The standard InChI is InChI=1S/C18H21NO4.C4H10N2O2/c1-20-15-8-7-12(9-14(15)19)5-6-13-10-16(21-2)18(23-4)17(11-13)22-3;1-2(7)3(5)4(6)8/h5-11H,19H2,1-4H3;2-3,7H,5H2,1H3,(H2,6,8)/t;2-,3+/m.0/s1. The Morgan fingerprint density at radius 3 is 1.77 bits per heavy atom. The molecule has 0 aliphatic rings. The van der Waals surface area contributed by atoms with Crippen LogP contribution in [0.4, 0.5) is 5.69 Å². The van der Waals surface area contributed by atoms with Gasteiger partial charge in [0.15, 0.2) is 11.5 Å². The van der Waals surface area contributed by atoms with Gasteiger partial charge in [-0.05, 0) is 42.3 Å². The molecule has 0 aromatic heterocycles. The number of rotatable bonds is 8. The number of hydrogen-bond acceptors (Lipinski definition) is 8. The lowest BCUT2D eigenvalue weighted by molar-refractivity contribution is -0.121. The molecular formula is C22H31N3O6. The first-order chi connectivity index (χ1) is 14.7. The third-order valence-corrected chi connectivity index (χ3v) is 4.26. The number of benzene rings is 2. The van der Waals surface area contributed by atoms with Crippen molar-refractivity contribution in [2.75, 3.05) is 34.2 Å². The molecule has 0 bridgehead atoms. The summed E-state index contributed by atoms with van der Waals surface area (Å²) < 4.78 is 21.2. The normalized spacial score (nSPS) is 12.4. The van der Waals surface area contributed by atoms with Crippen LogP contribution in [0.3, 0.4) is 0 Å². The largest absolute Gasteiger partial charge is 0.495 e. The minimum Gasteiger partial charge on any atom is -0.495 e. The van der Waals surface area contributed by atoms with Crippen LogP contribution in [0.5, 0.6) is 23.0 Å². The zero-order valence-electron chi connectivity index (χ0n) is 18.4. The molecule has 0 heterocycles. The van der Waals surface area contributed by atoms with Gasteiger partial charge in [-0.25, -0.2) is 0 Å². The van der Waals surface area contributed by atoms with Gasteiger partial charge in [-0.2, -0.15) is 0 Å². The average molecular weight is 434 g/mol. The Labute approximate surface area is 182 Å². The Bertz CT molecular complexity index is 874. The van der Waals surface area contributed by atoms with E-state index in [1.807, 2.05) is 42.5 Å². The second-order valence-electron chi connectivity index (χ2n) is 6.46. The Hall–Kier alpha value is -3.43. The van der Waals surface area contributed by atoms with E-state index in [1.54, 1.807) is 28.4 Å². The Morgan fingerprint density at radius 2 is 1.42 bits per heavy atom. The zero-order chi connectivity index (χ0) is 23.6. The summed E-state index contributed by atoms with van der Waals surface area (Å²) in [4.78, 5) is 10.1. The first-order valence-corrected chi connectivity index (χ1v) is 9.33. The van der Waals surface area contributed by atoms with Gasteiger partial charge >= 0.3 is 0 Å². The molecule has 0 radical (unpaired) electrons. The van der Waals surface area contributed by atoms with E-state index in [0.29, 0.717) is 28.7 Å². The number of aliphatic hydroxyl groups excluding tert-OH is 1.